The van der Waals surface area contributed by atoms with E-state index >= 15 is 0 Å². The molecule has 3 rings (SSSR count). The zero-order valence-corrected chi connectivity index (χ0v) is 14.5. The molecule has 0 spiro atoms. The molecule has 2 heterocycles. The average Bonchev–Trinajstić information content (AvgIpc) is 2.50. The predicted octanol–water partition coefficient (Wildman–Crippen LogP) is 4.01. The number of hydrogen-bond acceptors (Lipinski definition) is 3. The molecule has 0 N–H and O–H groups in total. The second-order valence-electron chi connectivity index (χ2n) is 6.85. The van der Waals surface area contributed by atoms with Crippen molar-refractivity contribution in [1.82, 2.24) is 9.55 Å². The van der Waals surface area contributed by atoms with Crippen molar-refractivity contribution in [3.05, 3.63) is 45.7 Å². The van der Waals surface area contributed by atoms with Gasteiger partial charge in [-0.2, -0.15) is 0 Å². The quantitative estimate of drug-likeness (QED) is 0.746. The molecule has 1 aliphatic heterocycles. The van der Waals surface area contributed by atoms with Crippen LogP contribution in [0.2, 0.25) is 0 Å². The minimum absolute atomic E-state index is 0.104. The van der Waals surface area contributed by atoms with E-state index in [1.807, 2.05) is 11.5 Å². The Morgan fingerprint density at radius 1 is 1.18 bits per heavy atom. The molecule has 0 fully saturated rings. The van der Waals surface area contributed by atoms with Gasteiger partial charge in [-0.15, -0.1) is 0 Å². The molecule has 116 valence electrons. The van der Waals surface area contributed by atoms with E-state index in [-0.39, 0.29) is 11.0 Å². The first kappa shape index (κ1) is 15.3. The fraction of sp³-hybridized carbons (Fsp3) is 0.444. The van der Waals surface area contributed by atoms with Crippen LogP contribution in [0.15, 0.2) is 34.2 Å². The molecule has 0 bridgehead atoms. The molecule has 0 saturated heterocycles. The molecule has 2 aromatic rings. The van der Waals surface area contributed by atoms with Crippen LogP contribution in [0.4, 0.5) is 0 Å². The molecule has 1 aliphatic rings. The van der Waals surface area contributed by atoms with E-state index in [1.54, 1.807) is 11.8 Å². The third-order valence-corrected chi connectivity index (χ3v) is 5.20. The summed E-state index contributed by atoms with van der Waals surface area (Å²) in [4.78, 5) is 17.3. The number of nitrogens with zero attached hydrogens (tertiary/aromatic N) is 2. The molecule has 4 heteroatoms. The molecular formula is C18H22N2OS. The summed E-state index contributed by atoms with van der Waals surface area (Å²) in [5.74, 6) is 1.04. The van der Waals surface area contributed by atoms with Crippen LogP contribution in [-0.4, -0.2) is 15.3 Å². The Bertz CT molecular complexity index is 754. The zero-order valence-electron chi connectivity index (χ0n) is 13.6. The maximum absolute atomic E-state index is 12.5. The summed E-state index contributed by atoms with van der Waals surface area (Å²) >= 11 is 1.68. The normalized spacial score (nSPS) is 14.7. The number of fused-ring (bicyclic) bond motifs is 1. The van der Waals surface area contributed by atoms with Crippen LogP contribution in [0.5, 0.6) is 0 Å². The summed E-state index contributed by atoms with van der Waals surface area (Å²) in [6, 6.07) is 8.45. The lowest BCUT2D eigenvalue weighted by atomic mass is 9.86. The smallest absolute Gasteiger partial charge is 0.257 e. The Balaban J connectivity index is 2.09. The van der Waals surface area contributed by atoms with E-state index in [0.717, 1.165) is 40.7 Å². The van der Waals surface area contributed by atoms with Crippen molar-refractivity contribution in [2.24, 2.45) is 0 Å². The van der Waals surface area contributed by atoms with Gasteiger partial charge in [0.25, 0.3) is 5.56 Å². The third kappa shape index (κ3) is 2.72. The topological polar surface area (TPSA) is 34.9 Å². The molecule has 1 aromatic carbocycles. The molecule has 0 aliphatic carbocycles. The molecule has 0 unspecified atom stereocenters. The first-order valence-corrected chi connectivity index (χ1v) is 8.71. The lowest BCUT2D eigenvalue weighted by Crippen LogP contribution is -2.28. The van der Waals surface area contributed by atoms with Crippen LogP contribution in [0.1, 0.15) is 38.3 Å². The number of benzene rings is 1. The Hall–Kier alpha value is -1.55. The van der Waals surface area contributed by atoms with Gasteiger partial charge >= 0.3 is 0 Å². The summed E-state index contributed by atoms with van der Waals surface area (Å²) in [6.07, 6.45) is 1.04. The minimum Gasteiger partial charge on any atom is -0.287 e. The van der Waals surface area contributed by atoms with Crippen molar-refractivity contribution < 1.29 is 0 Å². The van der Waals surface area contributed by atoms with Gasteiger partial charge in [-0.3, -0.25) is 9.36 Å². The molecule has 0 amide bonds. The van der Waals surface area contributed by atoms with Crippen LogP contribution >= 0.6 is 11.8 Å². The van der Waals surface area contributed by atoms with Crippen molar-refractivity contribution in [3.63, 3.8) is 0 Å². The van der Waals surface area contributed by atoms with E-state index in [2.05, 4.69) is 45.0 Å². The Morgan fingerprint density at radius 3 is 2.50 bits per heavy atom. The maximum atomic E-state index is 12.5. The molecule has 3 nitrogen and oxygen atoms in total. The number of aromatic nitrogens is 2. The van der Waals surface area contributed by atoms with Crippen molar-refractivity contribution >= 4 is 11.8 Å². The standard InChI is InChI=1S/C18H22N2OS/c1-12-15(13-6-8-14(9-7-13)18(2,3)4)19-17-20(16(12)21)10-5-11-22-17/h6-9H,5,10-11H2,1-4H3. The highest BCUT2D eigenvalue weighted by Gasteiger charge is 2.19. The number of hydrogen-bond donors (Lipinski definition) is 0. The van der Waals surface area contributed by atoms with Crippen LogP contribution in [-0.2, 0) is 12.0 Å². The first-order valence-electron chi connectivity index (χ1n) is 7.73. The van der Waals surface area contributed by atoms with E-state index in [0.29, 0.717) is 0 Å². The van der Waals surface area contributed by atoms with Crippen LogP contribution in [0.25, 0.3) is 11.3 Å². The van der Waals surface area contributed by atoms with Gasteiger partial charge in [0.05, 0.1) is 5.69 Å². The largest absolute Gasteiger partial charge is 0.287 e. The van der Waals surface area contributed by atoms with Gasteiger partial charge in [0.1, 0.15) is 0 Å². The third-order valence-electron chi connectivity index (χ3n) is 4.14. The number of rotatable bonds is 1. The van der Waals surface area contributed by atoms with Gasteiger partial charge in [-0.05, 0) is 24.3 Å². The molecular weight excluding hydrogens is 292 g/mol. The van der Waals surface area contributed by atoms with Crippen LogP contribution < -0.4 is 5.56 Å². The van der Waals surface area contributed by atoms with E-state index in [1.165, 1.54) is 5.56 Å². The summed E-state index contributed by atoms with van der Waals surface area (Å²) in [5.41, 5.74) is 4.12. The highest BCUT2D eigenvalue weighted by Crippen LogP contribution is 2.28. The van der Waals surface area contributed by atoms with E-state index in [9.17, 15) is 4.79 Å². The van der Waals surface area contributed by atoms with Crippen LogP contribution in [0.3, 0.4) is 0 Å². The van der Waals surface area contributed by atoms with Gasteiger partial charge in [0.15, 0.2) is 5.16 Å². The Labute approximate surface area is 135 Å². The van der Waals surface area contributed by atoms with Crippen molar-refractivity contribution in [2.45, 2.75) is 51.2 Å². The summed E-state index contributed by atoms with van der Waals surface area (Å²) in [5, 5.41) is 0.858. The van der Waals surface area contributed by atoms with E-state index < -0.39 is 0 Å². The minimum atomic E-state index is 0.104. The summed E-state index contributed by atoms with van der Waals surface area (Å²) < 4.78 is 1.82. The molecule has 0 radical (unpaired) electrons. The average molecular weight is 314 g/mol. The van der Waals surface area contributed by atoms with Crippen molar-refractivity contribution in [2.75, 3.05) is 5.75 Å². The lowest BCUT2D eigenvalue weighted by Gasteiger charge is -2.20. The van der Waals surface area contributed by atoms with Crippen LogP contribution in [0, 0.1) is 6.92 Å². The maximum Gasteiger partial charge on any atom is 0.257 e. The molecule has 1 aromatic heterocycles. The van der Waals surface area contributed by atoms with Gasteiger partial charge < -0.3 is 0 Å². The second-order valence-corrected chi connectivity index (χ2v) is 7.92. The van der Waals surface area contributed by atoms with Gasteiger partial charge in [-0.25, -0.2) is 4.98 Å². The van der Waals surface area contributed by atoms with Gasteiger partial charge in [-0.1, -0.05) is 56.8 Å². The second kappa shape index (κ2) is 5.58. The Morgan fingerprint density at radius 2 is 1.86 bits per heavy atom. The molecule has 0 atom stereocenters. The van der Waals surface area contributed by atoms with Crippen molar-refractivity contribution in [1.29, 1.82) is 0 Å². The molecule has 0 saturated carbocycles. The zero-order chi connectivity index (χ0) is 15.9. The monoisotopic (exact) mass is 314 g/mol. The fourth-order valence-electron chi connectivity index (χ4n) is 2.73. The summed E-state index contributed by atoms with van der Waals surface area (Å²) in [6.45, 7) is 9.28. The molecule has 22 heavy (non-hydrogen) atoms. The SMILES string of the molecule is Cc1c(-c2ccc(C(C)(C)C)cc2)nc2n(c1=O)CCCS2. The van der Waals surface area contributed by atoms with Gasteiger partial charge in [0, 0.05) is 23.4 Å². The highest BCUT2D eigenvalue weighted by atomic mass is 32.2. The predicted molar refractivity (Wildman–Crippen MR) is 92.7 cm³/mol. The number of thioether (sulfide) groups is 1. The fourth-order valence-corrected chi connectivity index (χ4v) is 3.67. The van der Waals surface area contributed by atoms with Crippen molar-refractivity contribution in [3.8, 4) is 11.3 Å². The van der Waals surface area contributed by atoms with Gasteiger partial charge in [0.2, 0.25) is 0 Å². The summed E-state index contributed by atoms with van der Waals surface area (Å²) in [7, 11) is 0. The first-order chi connectivity index (χ1) is 10.4. The van der Waals surface area contributed by atoms with E-state index in [4.69, 9.17) is 4.98 Å². The highest BCUT2D eigenvalue weighted by molar-refractivity contribution is 7.99. The Kier molecular flexibility index (Phi) is 3.89. The lowest BCUT2D eigenvalue weighted by molar-refractivity contribution is 0.560.